The lowest BCUT2D eigenvalue weighted by Crippen LogP contribution is -2.50. The fourth-order valence-electron chi connectivity index (χ4n) is 8.50. The lowest BCUT2D eigenvalue weighted by Gasteiger charge is -2.56. The van der Waals surface area contributed by atoms with Crippen molar-refractivity contribution in [1.29, 1.82) is 0 Å². The van der Waals surface area contributed by atoms with E-state index in [9.17, 15) is 4.39 Å². The maximum absolute atomic E-state index is 13.7. The van der Waals surface area contributed by atoms with E-state index in [4.69, 9.17) is 9.94 Å². The normalized spacial score (nSPS) is 30.5. The van der Waals surface area contributed by atoms with Crippen LogP contribution in [0.15, 0.2) is 54.6 Å². The molecule has 188 valence electrons. The summed E-state index contributed by atoms with van der Waals surface area (Å²) in [6.07, 6.45) is 11.8. The summed E-state index contributed by atoms with van der Waals surface area (Å²) in [5.74, 6) is 2.90. The summed E-state index contributed by atoms with van der Waals surface area (Å²) in [6, 6.07) is 17.4. The first-order chi connectivity index (χ1) is 17.7. The smallest absolute Gasteiger partial charge is 0.123 e. The van der Waals surface area contributed by atoms with Crippen molar-refractivity contribution in [2.45, 2.75) is 70.3 Å². The van der Waals surface area contributed by atoms with Gasteiger partial charge in [0.2, 0.25) is 0 Å². The lowest BCUT2D eigenvalue weighted by atomic mass is 9.49. The van der Waals surface area contributed by atoms with E-state index >= 15 is 0 Å². The van der Waals surface area contributed by atoms with Crippen LogP contribution in [-0.4, -0.2) is 16.3 Å². The van der Waals surface area contributed by atoms with E-state index in [2.05, 4.69) is 35.8 Å². The molecule has 1 N–H and O–H groups in total. The summed E-state index contributed by atoms with van der Waals surface area (Å²) in [4.78, 5) is 6.15. The van der Waals surface area contributed by atoms with Gasteiger partial charge in [0.05, 0.1) is 17.1 Å². The first kappa shape index (κ1) is 22.7. The van der Waals surface area contributed by atoms with Gasteiger partial charge in [0.15, 0.2) is 0 Å². The van der Waals surface area contributed by atoms with Crippen LogP contribution in [-0.2, 0) is 17.9 Å². The molecule has 0 amide bonds. The highest BCUT2D eigenvalue weighted by atomic mass is 19.1. The van der Waals surface area contributed by atoms with Crippen LogP contribution < -0.4 is 5.48 Å². The highest BCUT2D eigenvalue weighted by molar-refractivity contribution is 5.44. The van der Waals surface area contributed by atoms with Crippen LogP contribution in [0.4, 0.5) is 4.39 Å². The third-order valence-electron chi connectivity index (χ3n) is 9.55. The molecular formula is C31H36FN3O. The standard InChI is InChI=1S/C31H36FN3O/c32-25-9-11-26(12-10-25)35-30-27(24-5-2-1-3-6-24)7-4-8-28(30)29(34-35)19-36-33-20-31-16-21-13-22(17-31)15-23(14-21)18-31/h1-3,5-6,9-12,21-23,27,33H,4,7-8,13-20H2. The van der Waals surface area contributed by atoms with E-state index < -0.39 is 0 Å². The zero-order valence-corrected chi connectivity index (χ0v) is 21.0. The second-order valence-corrected chi connectivity index (χ2v) is 12.1. The van der Waals surface area contributed by atoms with Gasteiger partial charge in [0.25, 0.3) is 0 Å². The molecule has 0 aliphatic heterocycles. The Morgan fingerprint density at radius 3 is 2.33 bits per heavy atom. The zero-order valence-electron chi connectivity index (χ0n) is 21.0. The first-order valence-electron chi connectivity index (χ1n) is 13.9. The number of fused-ring (bicyclic) bond motifs is 1. The van der Waals surface area contributed by atoms with Gasteiger partial charge in [-0.05, 0) is 111 Å². The molecule has 1 heterocycles. The molecule has 1 unspecified atom stereocenters. The van der Waals surface area contributed by atoms with Gasteiger partial charge in [0, 0.05) is 18.0 Å². The second kappa shape index (κ2) is 9.11. The maximum atomic E-state index is 13.7. The molecule has 1 aromatic heterocycles. The van der Waals surface area contributed by atoms with Gasteiger partial charge in [-0.2, -0.15) is 5.10 Å². The number of nitrogens with zero attached hydrogens (tertiary/aromatic N) is 2. The molecule has 5 heteroatoms. The Morgan fingerprint density at radius 1 is 0.944 bits per heavy atom. The lowest BCUT2D eigenvalue weighted by molar-refractivity contribution is -0.0826. The number of aromatic nitrogens is 2. The molecule has 2 aromatic carbocycles. The Kier molecular flexibility index (Phi) is 5.74. The van der Waals surface area contributed by atoms with Crippen molar-refractivity contribution in [3.63, 3.8) is 0 Å². The fourth-order valence-corrected chi connectivity index (χ4v) is 8.50. The molecule has 4 bridgehead atoms. The predicted octanol–water partition coefficient (Wildman–Crippen LogP) is 6.72. The van der Waals surface area contributed by atoms with Crippen molar-refractivity contribution >= 4 is 0 Å². The summed E-state index contributed by atoms with van der Waals surface area (Å²) < 4.78 is 15.7. The number of nitrogens with one attached hydrogen (secondary N) is 1. The van der Waals surface area contributed by atoms with Gasteiger partial charge in [-0.1, -0.05) is 30.3 Å². The highest BCUT2D eigenvalue weighted by Gasteiger charge is 2.50. The van der Waals surface area contributed by atoms with Gasteiger partial charge in [-0.15, -0.1) is 0 Å². The minimum absolute atomic E-state index is 0.225. The monoisotopic (exact) mass is 485 g/mol. The van der Waals surface area contributed by atoms with Crippen LogP contribution in [0, 0.1) is 29.0 Å². The Bertz CT molecular complexity index is 1180. The summed E-state index contributed by atoms with van der Waals surface area (Å²) in [7, 11) is 0. The van der Waals surface area contributed by atoms with Crippen molar-refractivity contribution in [2.24, 2.45) is 23.2 Å². The van der Waals surface area contributed by atoms with Crippen molar-refractivity contribution < 1.29 is 9.23 Å². The second-order valence-electron chi connectivity index (χ2n) is 12.1. The van der Waals surface area contributed by atoms with Gasteiger partial charge in [0.1, 0.15) is 12.4 Å². The molecular weight excluding hydrogens is 449 g/mol. The maximum Gasteiger partial charge on any atom is 0.123 e. The van der Waals surface area contributed by atoms with Gasteiger partial charge in [-0.25, -0.2) is 14.6 Å². The van der Waals surface area contributed by atoms with E-state index in [1.807, 2.05) is 16.8 Å². The van der Waals surface area contributed by atoms with E-state index in [-0.39, 0.29) is 11.7 Å². The van der Waals surface area contributed by atoms with E-state index in [1.54, 1.807) is 0 Å². The number of hydrogen-bond acceptors (Lipinski definition) is 3. The number of rotatable bonds is 7. The van der Waals surface area contributed by atoms with Gasteiger partial charge in [-0.3, -0.25) is 4.84 Å². The van der Waals surface area contributed by atoms with Crippen LogP contribution >= 0.6 is 0 Å². The molecule has 5 aliphatic rings. The molecule has 1 atom stereocenters. The van der Waals surface area contributed by atoms with E-state index in [1.165, 1.54) is 67.5 Å². The molecule has 0 spiro atoms. The fraction of sp³-hybridized carbons (Fsp3) is 0.516. The summed E-state index contributed by atoms with van der Waals surface area (Å²) in [5, 5.41) is 5.06. The SMILES string of the molecule is Fc1ccc(-n2nc(CONCC34CC5CC(CC(C5)C3)C4)c3c2C(c2ccccc2)CCC3)cc1. The number of halogens is 1. The quantitative estimate of drug-likeness (QED) is 0.298. The van der Waals surface area contributed by atoms with Crippen LogP contribution in [0.3, 0.4) is 0 Å². The minimum atomic E-state index is -0.225. The van der Waals surface area contributed by atoms with Crippen LogP contribution in [0.25, 0.3) is 5.69 Å². The summed E-state index contributed by atoms with van der Waals surface area (Å²) >= 11 is 0. The van der Waals surface area contributed by atoms with Crippen molar-refractivity contribution in [1.82, 2.24) is 15.3 Å². The molecule has 36 heavy (non-hydrogen) atoms. The molecule has 4 fully saturated rings. The van der Waals surface area contributed by atoms with E-state index in [0.717, 1.165) is 54.9 Å². The highest BCUT2D eigenvalue weighted by Crippen LogP contribution is 2.59. The number of hydroxylamine groups is 1. The average molecular weight is 486 g/mol. The molecule has 0 radical (unpaired) electrons. The van der Waals surface area contributed by atoms with Crippen molar-refractivity contribution in [2.75, 3.05) is 6.54 Å². The van der Waals surface area contributed by atoms with Crippen LogP contribution in [0.1, 0.15) is 79.8 Å². The third kappa shape index (κ3) is 4.10. The van der Waals surface area contributed by atoms with Gasteiger partial charge < -0.3 is 0 Å². The summed E-state index contributed by atoms with van der Waals surface area (Å²) in [5.41, 5.74) is 9.61. The number of hydrogen-bond donors (Lipinski definition) is 1. The largest absolute Gasteiger partial charge is 0.295 e. The summed E-state index contributed by atoms with van der Waals surface area (Å²) in [6.45, 7) is 1.43. The minimum Gasteiger partial charge on any atom is -0.295 e. The average Bonchev–Trinajstić information content (AvgIpc) is 3.26. The Labute approximate surface area is 213 Å². The third-order valence-corrected chi connectivity index (χ3v) is 9.55. The Hall–Kier alpha value is -2.50. The van der Waals surface area contributed by atoms with Crippen LogP contribution in [0.5, 0.6) is 0 Å². The molecule has 8 rings (SSSR count). The first-order valence-corrected chi connectivity index (χ1v) is 13.9. The van der Waals surface area contributed by atoms with Crippen LogP contribution in [0.2, 0.25) is 0 Å². The van der Waals surface area contributed by atoms with Crippen molar-refractivity contribution in [3.05, 3.63) is 82.9 Å². The molecule has 0 saturated heterocycles. The number of benzene rings is 2. The molecule has 4 saturated carbocycles. The Balaban J connectivity index is 1.13. The Morgan fingerprint density at radius 2 is 1.64 bits per heavy atom. The van der Waals surface area contributed by atoms with Crippen molar-refractivity contribution in [3.8, 4) is 5.69 Å². The van der Waals surface area contributed by atoms with Gasteiger partial charge >= 0.3 is 0 Å². The topological polar surface area (TPSA) is 39.1 Å². The molecule has 5 aliphatic carbocycles. The molecule has 4 nitrogen and oxygen atoms in total. The predicted molar refractivity (Wildman–Crippen MR) is 138 cm³/mol. The molecule has 3 aromatic rings. The zero-order chi connectivity index (χ0) is 24.1. The van der Waals surface area contributed by atoms with E-state index in [0.29, 0.717) is 12.0 Å².